The number of nitrogens with zero attached hydrogens (tertiary/aromatic N) is 3. The molecule has 0 unspecified atom stereocenters. The molecule has 0 spiro atoms. The summed E-state index contributed by atoms with van der Waals surface area (Å²) in [7, 11) is 0. The maximum Gasteiger partial charge on any atom is 0.356 e. The number of hydrogen-bond acceptors (Lipinski definition) is 3. The third-order valence-corrected chi connectivity index (χ3v) is 3.15. The minimum absolute atomic E-state index is 0.106. The molecule has 0 radical (unpaired) electrons. The Morgan fingerprint density at radius 3 is 2.94 bits per heavy atom. The van der Waals surface area contributed by atoms with Gasteiger partial charge >= 0.3 is 5.97 Å². The van der Waals surface area contributed by atoms with Crippen molar-refractivity contribution in [3.63, 3.8) is 0 Å². The second-order valence-electron chi connectivity index (χ2n) is 4.08. The predicted molar refractivity (Wildman–Crippen MR) is 56.5 cm³/mol. The van der Waals surface area contributed by atoms with E-state index in [0.29, 0.717) is 11.4 Å². The molecule has 5 nitrogen and oxygen atoms in total. The van der Waals surface area contributed by atoms with Crippen molar-refractivity contribution in [2.75, 3.05) is 0 Å². The Bertz CT molecular complexity index is 557. The van der Waals surface area contributed by atoms with E-state index in [0.717, 1.165) is 18.7 Å². The summed E-state index contributed by atoms with van der Waals surface area (Å²) < 4.78 is 1.85. The average Bonchev–Trinajstić information content (AvgIpc) is 2.56. The zero-order valence-corrected chi connectivity index (χ0v) is 8.63. The van der Waals surface area contributed by atoms with E-state index in [9.17, 15) is 4.79 Å². The maximum atomic E-state index is 11.1. The number of hydrogen-bond donors (Lipinski definition) is 1. The number of fused-ring (bicyclic) bond motifs is 1. The second-order valence-corrected chi connectivity index (χ2v) is 4.08. The van der Waals surface area contributed by atoms with Gasteiger partial charge in [-0.2, -0.15) is 0 Å². The molecule has 0 aliphatic heterocycles. The highest BCUT2D eigenvalue weighted by Crippen LogP contribution is 2.36. The molecule has 1 saturated carbocycles. The fourth-order valence-corrected chi connectivity index (χ4v) is 2.07. The van der Waals surface area contributed by atoms with Crippen molar-refractivity contribution in [1.29, 1.82) is 0 Å². The van der Waals surface area contributed by atoms with Crippen LogP contribution in [0.4, 0.5) is 0 Å². The standard InChI is InChI=1S/C11H11N3O2/c15-11(16)9-8-6-12-4-5-14(8)10(13-9)7-2-1-3-7/h4-7H,1-3H2,(H,15,16). The van der Waals surface area contributed by atoms with Crippen LogP contribution in [0.15, 0.2) is 18.6 Å². The molecule has 5 heteroatoms. The van der Waals surface area contributed by atoms with Gasteiger partial charge in [0.1, 0.15) is 5.82 Å². The molecule has 82 valence electrons. The van der Waals surface area contributed by atoms with Crippen LogP contribution in [0.1, 0.15) is 41.5 Å². The molecule has 16 heavy (non-hydrogen) atoms. The first-order chi connectivity index (χ1) is 7.77. The molecule has 0 saturated heterocycles. The van der Waals surface area contributed by atoms with Crippen molar-refractivity contribution in [3.05, 3.63) is 30.1 Å². The minimum Gasteiger partial charge on any atom is -0.476 e. The molecule has 1 aliphatic rings. The molecule has 3 rings (SSSR count). The van der Waals surface area contributed by atoms with Crippen LogP contribution in [0.25, 0.3) is 5.52 Å². The fourth-order valence-electron chi connectivity index (χ4n) is 2.07. The normalized spacial score (nSPS) is 16.2. The van der Waals surface area contributed by atoms with Crippen LogP contribution in [0.5, 0.6) is 0 Å². The van der Waals surface area contributed by atoms with Crippen LogP contribution in [0.3, 0.4) is 0 Å². The lowest BCUT2D eigenvalue weighted by Crippen LogP contribution is -2.12. The van der Waals surface area contributed by atoms with E-state index in [1.54, 1.807) is 18.6 Å². The zero-order valence-electron chi connectivity index (χ0n) is 8.63. The molecule has 2 aromatic heterocycles. The first-order valence-corrected chi connectivity index (χ1v) is 5.32. The van der Waals surface area contributed by atoms with E-state index in [1.807, 2.05) is 4.40 Å². The van der Waals surface area contributed by atoms with Gasteiger partial charge in [0, 0.05) is 18.3 Å². The number of carbonyl (C=O) groups is 1. The van der Waals surface area contributed by atoms with Gasteiger partial charge in [0.05, 0.1) is 11.7 Å². The number of carboxylic acids is 1. The van der Waals surface area contributed by atoms with Crippen molar-refractivity contribution in [1.82, 2.24) is 14.4 Å². The fraction of sp³-hybridized carbons (Fsp3) is 0.364. The Kier molecular flexibility index (Phi) is 1.92. The largest absolute Gasteiger partial charge is 0.476 e. The molecular weight excluding hydrogens is 206 g/mol. The number of imidazole rings is 1. The van der Waals surface area contributed by atoms with Crippen molar-refractivity contribution >= 4 is 11.5 Å². The molecule has 0 aromatic carbocycles. The molecule has 2 heterocycles. The van der Waals surface area contributed by atoms with Crippen molar-refractivity contribution in [2.45, 2.75) is 25.2 Å². The predicted octanol–water partition coefficient (Wildman–Crippen LogP) is 1.69. The highest BCUT2D eigenvalue weighted by Gasteiger charge is 2.26. The lowest BCUT2D eigenvalue weighted by Gasteiger charge is -2.23. The number of carboxylic acid groups (broad SMARTS) is 1. The van der Waals surface area contributed by atoms with Crippen LogP contribution in [-0.4, -0.2) is 25.4 Å². The Labute approximate surface area is 91.8 Å². The summed E-state index contributed by atoms with van der Waals surface area (Å²) >= 11 is 0. The van der Waals surface area contributed by atoms with Crippen molar-refractivity contribution < 1.29 is 9.90 Å². The van der Waals surface area contributed by atoms with Gasteiger partial charge in [0.15, 0.2) is 5.69 Å². The van der Waals surface area contributed by atoms with E-state index in [4.69, 9.17) is 5.11 Å². The first kappa shape index (κ1) is 9.33. The van der Waals surface area contributed by atoms with Crippen LogP contribution >= 0.6 is 0 Å². The molecular formula is C11H11N3O2. The van der Waals surface area contributed by atoms with Gasteiger partial charge in [-0.1, -0.05) is 6.42 Å². The molecule has 1 N–H and O–H groups in total. The monoisotopic (exact) mass is 217 g/mol. The van der Waals surface area contributed by atoms with Crippen molar-refractivity contribution in [2.24, 2.45) is 0 Å². The average molecular weight is 217 g/mol. The van der Waals surface area contributed by atoms with Gasteiger partial charge in [-0.25, -0.2) is 9.78 Å². The summed E-state index contributed by atoms with van der Waals surface area (Å²) in [6, 6.07) is 0. The zero-order chi connectivity index (χ0) is 11.1. The molecule has 2 aromatic rings. The number of aromatic carboxylic acids is 1. The summed E-state index contributed by atoms with van der Waals surface area (Å²) in [5.41, 5.74) is 0.687. The third kappa shape index (κ3) is 1.21. The lowest BCUT2D eigenvalue weighted by atomic mass is 9.85. The van der Waals surface area contributed by atoms with Crippen LogP contribution < -0.4 is 0 Å². The van der Waals surface area contributed by atoms with Gasteiger partial charge < -0.3 is 5.11 Å². The third-order valence-electron chi connectivity index (χ3n) is 3.15. The van der Waals surface area contributed by atoms with E-state index in [2.05, 4.69) is 9.97 Å². The molecule has 1 fully saturated rings. The smallest absolute Gasteiger partial charge is 0.356 e. The first-order valence-electron chi connectivity index (χ1n) is 5.32. The van der Waals surface area contributed by atoms with Gasteiger partial charge in [-0.15, -0.1) is 0 Å². The topological polar surface area (TPSA) is 67.5 Å². The molecule has 0 amide bonds. The van der Waals surface area contributed by atoms with E-state index in [-0.39, 0.29) is 5.69 Å². The van der Waals surface area contributed by atoms with Gasteiger partial charge in [-0.3, -0.25) is 9.38 Å². The minimum atomic E-state index is -0.990. The van der Waals surface area contributed by atoms with E-state index < -0.39 is 5.97 Å². The Morgan fingerprint density at radius 1 is 1.50 bits per heavy atom. The second kappa shape index (κ2) is 3.30. The summed E-state index contributed by atoms with van der Waals surface area (Å²) in [5, 5.41) is 9.07. The van der Waals surface area contributed by atoms with E-state index >= 15 is 0 Å². The number of aromatic nitrogens is 3. The molecule has 0 atom stereocenters. The Morgan fingerprint density at radius 2 is 2.31 bits per heavy atom. The summed E-state index contributed by atoms with van der Waals surface area (Å²) in [5.74, 6) is 0.278. The van der Waals surface area contributed by atoms with Crippen LogP contribution in [0, 0.1) is 0 Å². The Balaban J connectivity index is 2.24. The quantitative estimate of drug-likeness (QED) is 0.831. The van der Waals surface area contributed by atoms with Gasteiger partial charge in [0.2, 0.25) is 0 Å². The summed E-state index contributed by atoms with van der Waals surface area (Å²) in [6.07, 6.45) is 8.39. The van der Waals surface area contributed by atoms with Gasteiger partial charge in [-0.05, 0) is 12.8 Å². The highest BCUT2D eigenvalue weighted by atomic mass is 16.4. The van der Waals surface area contributed by atoms with Gasteiger partial charge in [0.25, 0.3) is 0 Å². The van der Waals surface area contributed by atoms with E-state index in [1.165, 1.54) is 6.42 Å². The van der Waals surface area contributed by atoms with Crippen LogP contribution in [-0.2, 0) is 0 Å². The summed E-state index contributed by atoms with van der Waals surface area (Å²) in [6.45, 7) is 0. The highest BCUT2D eigenvalue weighted by molar-refractivity contribution is 5.93. The molecule has 1 aliphatic carbocycles. The Hall–Kier alpha value is -1.91. The lowest BCUT2D eigenvalue weighted by molar-refractivity contribution is 0.0693. The summed E-state index contributed by atoms with van der Waals surface area (Å²) in [4.78, 5) is 19.2. The SMILES string of the molecule is O=C(O)c1nc(C2CCC2)n2ccncc12. The molecule has 0 bridgehead atoms. The van der Waals surface area contributed by atoms with Crippen molar-refractivity contribution in [3.8, 4) is 0 Å². The number of rotatable bonds is 2. The maximum absolute atomic E-state index is 11.1. The van der Waals surface area contributed by atoms with Crippen LogP contribution in [0.2, 0.25) is 0 Å².